The number of halogens is 2. The van der Waals surface area contributed by atoms with E-state index >= 15 is 0 Å². The van der Waals surface area contributed by atoms with E-state index < -0.39 is 0 Å². The third-order valence-electron chi connectivity index (χ3n) is 2.78. The Hall–Kier alpha value is -0.840. The van der Waals surface area contributed by atoms with E-state index in [9.17, 15) is 4.79 Å². The van der Waals surface area contributed by atoms with Crippen molar-refractivity contribution in [2.45, 2.75) is 13.5 Å². The lowest BCUT2D eigenvalue weighted by Crippen LogP contribution is -2.25. The predicted octanol–water partition coefficient (Wildman–Crippen LogP) is 3.95. The average Bonchev–Trinajstić information content (AvgIpc) is 2.43. The van der Waals surface area contributed by atoms with Crippen LogP contribution in [0, 0.1) is 0 Å². The first kappa shape index (κ1) is 15.5. The fourth-order valence-corrected chi connectivity index (χ4v) is 3.12. The Kier molecular flexibility index (Phi) is 5.64. The maximum Gasteiger partial charge on any atom is 0.346 e. The Labute approximate surface area is 132 Å². The Bertz CT molecular complexity index is 534. The minimum absolute atomic E-state index is 0.253. The van der Waals surface area contributed by atoms with Crippen LogP contribution in [-0.4, -0.2) is 29.8 Å². The van der Waals surface area contributed by atoms with Crippen molar-refractivity contribution in [3.8, 4) is 0 Å². The molecule has 108 valence electrons. The van der Waals surface area contributed by atoms with Crippen molar-refractivity contribution >= 4 is 40.9 Å². The van der Waals surface area contributed by atoms with Crippen LogP contribution in [0.4, 0.5) is 0 Å². The quantitative estimate of drug-likeness (QED) is 0.781. The van der Waals surface area contributed by atoms with Crippen molar-refractivity contribution in [1.82, 2.24) is 4.90 Å². The van der Waals surface area contributed by atoms with E-state index in [1.807, 2.05) is 18.3 Å². The van der Waals surface area contributed by atoms with Gasteiger partial charge in [-0.2, -0.15) is 0 Å². The van der Waals surface area contributed by atoms with Crippen LogP contribution in [0.5, 0.6) is 0 Å². The zero-order chi connectivity index (χ0) is 14.5. The van der Waals surface area contributed by atoms with Crippen molar-refractivity contribution in [2.24, 2.45) is 0 Å². The third-order valence-corrected chi connectivity index (χ3v) is 4.49. The molecule has 6 heteroatoms. The van der Waals surface area contributed by atoms with Gasteiger partial charge in [-0.1, -0.05) is 29.3 Å². The standard InChI is InChI=1S/C14H15Cl2NO2S/c1-2-19-14(18)13-9-17(5-6-20-13)8-10-3-4-11(15)12(16)7-10/h3-4,7,9H,2,5-6,8H2,1H3. The Balaban J connectivity index is 2.06. The number of hydrogen-bond donors (Lipinski definition) is 0. The van der Waals surface area contributed by atoms with Gasteiger partial charge in [-0.05, 0) is 24.6 Å². The van der Waals surface area contributed by atoms with Crippen molar-refractivity contribution in [3.05, 3.63) is 44.9 Å². The molecule has 3 nitrogen and oxygen atoms in total. The van der Waals surface area contributed by atoms with Crippen molar-refractivity contribution in [2.75, 3.05) is 18.9 Å². The summed E-state index contributed by atoms with van der Waals surface area (Å²) in [5, 5.41) is 1.09. The molecule has 1 aliphatic heterocycles. The van der Waals surface area contributed by atoms with Gasteiger partial charge in [-0.3, -0.25) is 0 Å². The molecule has 0 radical (unpaired) electrons. The zero-order valence-corrected chi connectivity index (χ0v) is 13.4. The maximum absolute atomic E-state index is 11.7. The Morgan fingerprint density at radius 1 is 1.40 bits per heavy atom. The van der Waals surface area contributed by atoms with Gasteiger partial charge in [0.15, 0.2) is 0 Å². The molecular formula is C14H15Cl2NO2S. The number of thioether (sulfide) groups is 1. The molecule has 1 aromatic rings. The lowest BCUT2D eigenvalue weighted by Gasteiger charge is -2.25. The fourth-order valence-electron chi connectivity index (χ4n) is 1.85. The first-order valence-electron chi connectivity index (χ1n) is 6.30. The largest absolute Gasteiger partial charge is 0.462 e. The molecule has 0 bridgehead atoms. The van der Waals surface area contributed by atoms with E-state index in [0.29, 0.717) is 28.1 Å². The van der Waals surface area contributed by atoms with Crippen LogP contribution < -0.4 is 0 Å². The molecule has 0 saturated heterocycles. The molecule has 1 aliphatic rings. The van der Waals surface area contributed by atoms with E-state index in [4.69, 9.17) is 27.9 Å². The van der Waals surface area contributed by atoms with Crippen molar-refractivity contribution in [1.29, 1.82) is 0 Å². The summed E-state index contributed by atoms with van der Waals surface area (Å²) in [5.41, 5.74) is 1.06. The van der Waals surface area contributed by atoms with Gasteiger partial charge in [0.2, 0.25) is 0 Å². The second-order valence-corrected chi connectivity index (χ2v) is 6.23. The number of ether oxygens (including phenoxy) is 1. The van der Waals surface area contributed by atoms with Crippen LogP contribution in [0.2, 0.25) is 10.0 Å². The normalized spacial score (nSPS) is 14.9. The number of hydrogen-bond acceptors (Lipinski definition) is 4. The molecule has 0 spiro atoms. The second-order valence-electron chi connectivity index (χ2n) is 4.28. The number of carbonyl (C=O) groups excluding carboxylic acids is 1. The third kappa shape index (κ3) is 4.08. The molecule has 0 unspecified atom stereocenters. The van der Waals surface area contributed by atoms with Crippen LogP contribution in [0.1, 0.15) is 12.5 Å². The summed E-state index contributed by atoms with van der Waals surface area (Å²) < 4.78 is 5.02. The fraction of sp³-hybridized carbons (Fsp3) is 0.357. The smallest absolute Gasteiger partial charge is 0.346 e. The average molecular weight is 332 g/mol. The highest BCUT2D eigenvalue weighted by Crippen LogP contribution is 2.26. The topological polar surface area (TPSA) is 29.5 Å². The maximum atomic E-state index is 11.7. The summed E-state index contributed by atoms with van der Waals surface area (Å²) in [6.45, 7) is 3.77. The molecule has 0 fully saturated rings. The van der Waals surface area contributed by atoms with Gasteiger partial charge >= 0.3 is 5.97 Å². The van der Waals surface area contributed by atoms with Gasteiger partial charge in [0.1, 0.15) is 4.91 Å². The molecule has 0 aromatic heterocycles. The molecule has 2 rings (SSSR count). The summed E-state index contributed by atoms with van der Waals surface area (Å²) in [7, 11) is 0. The van der Waals surface area contributed by atoms with Crippen LogP contribution in [0.15, 0.2) is 29.3 Å². The minimum atomic E-state index is -0.253. The summed E-state index contributed by atoms with van der Waals surface area (Å²) in [6.07, 6.45) is 1.86. The number of nitrogens with zero attached hydrogens (tertiary/aromatic N) is 1. The number of rotatable bonds is 4. The summed E-state index contributed by atoms with van der Waals surface area (Å²) in [5.74, 6) is 0.614. The molecular weight excluding hydrogens is 317 g/mol. The lowest BCUT2D eigenvalue weighted by atomic mass is 10.2. The first-order chi connectivity index (χ1) is 9.60. The highest BCUT2D eigenvalue weighted by atomic mass is 35.5. The van der Waals surface area contributed by atoms with Crippen LogP contribution in [0.3, 0.4) is 0 Å². The zero-order valence-electron chi connectivity index (χ0n) is 11.1. The van der Waals surface area contributed by atoms with Gasteiger partial charge < -0.3 is 9.64 Å². The highest BCUT2D eigenvalue weighted by molar-refractivity contribution is 8.04. The number of esters is 1. The Morgan fingerprint density at radius 2 is 2.20 bits per heavy atom. The molecule has 1 heterocycles. The van der Waals surface area contributed by atoms with E-state index in [-0.39, 0.29) is 5.97 Å². The van der Waals surface area contributed by atoms with Crippen LogP contribution >= 0.6 is 35.0 Å². The predicted molar refractivity (Wildman–Crippen MR) is 84.0 cm³/mol. The van der Waals surface area contributed by atoms with Gasteiger partial charge in [-0.15, -0.1) is 11.8 Å². The van der Waals surface area contributed by atoms with Crippen LogP contribution in [-0.2, 0) is 16.1 Å². The van der Waals surface area contributed by atoms with Crippen LogP contribution in [0.25, 0.3) is 0 Å². The number of benzene rings is 1. The molecule has 0 N–H and O–H groups in total. The second kappa shape index (κ2) is 7.25. The molecule has 0 aliphatic carbocycles. The van der Waals surface area contributed by atoms with E-state index in [0.717, 1.165) is 17.9 Å². The van der Waals surface area contributed by atoms with E-state index in [1.54, 1.807) is 13.0 Å². The highest BCUT2D eigenvalue weighted by Gasteiger charge is 2.18. The van der Waals surface area contributed by atoms with E-state index in [2.05, 4.69) is 4.90 Å². The summed E-state index contributed by atoms with van der Waals surface area (Å²) in [6, 6.07) is 5.57. The van der Waals surface area contributed by atoms with Gasteiger partial charge in [-0.25, -0.2) is 4.79 Å². The van der Waals surface area contributed by atoms with Crippen molar-refractivity contribution in [3.63, 3.8) is 0 Å². The summed E-state index contributed by atoms with van der Waals surface area (Å²) >= 11 is 13.4. The van der Waals surface area contributed by atoms with Crippen molar-refractivity contribution < 1.29 is 9.53 Å². The van der Waals surface area contributed by atoms with E-state index in [1.165, 1.54) is 11.8 Å². The molecule has 0 saturated carbocycles. The molecule has 0 amide bonds. The van der Waals surface area contributed by atoms with Gasteiger partial charge in [0.25, 0.3) is 0 Å². The lowest BCUT2D eigenvalue weighted by molar-refractivity contribution is -0.137. The van der Waals surface area contributed by atoms with Gasteiger partial charge in [0.05, 0.1) is 16.7 Å². The first-order valence-corrected chi connectivity index (χ1v) is 8.04. The number of carbonyl (C=O) groups is 1. The summed E-state index contributed by atoms with van der Waals surface area (Å²) in [4.78, 5) is 14.5. The SMILES string of the molecule is CCOC(=O)C1=CN(Cc2ccc(Cl)c(Cl)c2)CCS1. The van der Waals surface area contributed by atoms with Gasteiger partial charge in [0, 0.05) is 25.0 Å². The monoisotopic (exact) mass is 331 g/mol. The molecule has 20 heavy (non-hydrogen) atoms. The molecule has 0 atom stereocenters. The molecule has 1 aromatic carbocycles. The minimum Gasteiger partial charge on any atom is -0.462 e. The Morgan fingerprint density at radius 3 is 2.90 bits per heavy atom.